The summed E-state index contributed by atoms with van der Waals surface area (Å²) >= 11 is 2.27. The second kappa shape index (κ2) is 3.09. The van der Waals surface area contributed by atoms with Crippen molar-refractivity contribution in [1.29, 1.82) is 0 Å². The van der Waals surface area contributed by atoms with E-state index >= 15 is 0 Å². The van der Waals surface area contributed by atoms with Gasteiger partial charge in [-0.1, -0.05) is 18.4 Å². The van der Waals surface area contributed by atoms with Crippen molar-refractivity contribution in [1.82, 2.24) is 9.38 Å². The molecule has 4 heteroatoms. The first-order valence-electron chi connectivity index (χ1n) is 3.73. The third-order valence-corrected chi connectivity index (χ3v) is 2.61. The molecule has 0 amide bonds. The van der Waals surface area contributed by atoms with Crippen molar-refractivity contribution in [3.63, 3.8) is 0 Å². The number of halogens is 1. The maximum Gasteiger partial charge on any atom is 0.150 e. The molecule has 59 valence electrons. The van der Waals surface area contributed by atoms with Crippen LogP contribution in [-0.2, 0) is 0 Å². The molecule has 0 N–H and O–H groups in total. The number of imidazole rings is 1. The number of fused-ring (bicyclic) bond motifs is 1. The maximum absolute atomic E-state index is 4.24. The Balaban J connectivity index is 2.71. The zero-order chi connectivity index (χ0) is 8.55. The Morgan fingerprint density at radius 3 is 3.08 bits per heavy atom. The van der Waals surface area contributed by atoms with E-state index in [-0.39, 0.29) is 0 Å². The summed E-state index contributed by atoms with van der Waals surface area (Å²) in [6.07, 6.45) is 3.96. The van der Waals surface area contributed by atoms with Gasteiger partial charge in [0.15, 0.2) is 0 Å². The third-order valence-electron chi connectivity index (χ3n) is 1.82. The summed E-state index contributed by atoms with van der Waals surface area (Å²) in [6, 6.07) is 4.09. The summed E-state index contributed by atoms with van der Waals surface area (Å²) in [5.41, 5.74) is 2.23. The quantitative estimate of drug-likeness (QED) is 0.563. The van der Waals surface area contributed by atoms with Crippen molar-refractivity contribution in [2.24, 2.45) is 0 Å². The van der Waals surface area contributed by atoms with E-state index in [9.17, 15) is 0 Å². The van der Waals surface area contributed by atoms with Gasteiger partial charge in [-0.05, 0) is 28.7 Å². The molecule has 2 heterocycles. The first-order chi connectivity index (χ1) is 5.81. The zero-order valence-corrected chi connectivity index (χ0v) is 8.82. The number of hydrogen-bond acceptors (Lipinski definition) is 1. The highest BCUT2D eigenvalue weighted by Gasteiger charge is 1.99. The Morgan fingerprint density at radius 2 is 2.33 bits per heavy atom. The van der Waals surface area contributed by atoms with E-state index in [1.165, 1.54) is 5.46 Å². The molecule has 0 saturated carbocycles. The van der Waals surface area contributed by atoms with Gasteiger partial charge in [0, 0.05) is 6.20 Å². The lowest BCUT2D eigenvalue weighted by Crippen LogP contribution is -2.12. The fourth-order valence-corrected chi connectivity index (χ4v) is 1.66. The highest BCUT2D eigenvalue weighted by Crippen LogP contribution is 2.06. The van der Waals surface area contributed by atoms with Gasteiger partial charge in [0.2, 0.25) is 0 Å². The lowest BCUT2D eigenvalue weighted by molar-refractivity contribution is 1.16. The topological polar surface area (TPSA) is 17.3 Å². The van der Waals surface area contributed by atoms with Crippen LogP contribution in [0.15, 0.2) is 24.5 Å². The van der Waals surface area contributed by atoms with Crippen LogP contribution >= 0.6 is 22.6 Å². The molecule has 0 bridgehead atoms. The number of pyridine rings is 1. The van der Waals surface area contributed by atoms with E-state index in [1.807, 2.05) is 19.1 Å². The van der Waals surface area contributed by atoms with Gasteiger partial charge >= 0.3 is 0 Å². The van der Waals surface area contributed by atoms with Crippen molar-refractivity contribution < 1.29 is 0 Å². The molecule has 0 saturated heterocycles. The van der Waals surface area contributed by atoms with Gasteiger partial charge < -0.3 is 0 Å². The summed E-state index contributed by atoms with van der Waals surface area (Å²) in [7, 11) is 2.08. The number of nitrogens with zero attached hydrogens (tertiary/aromatic N) is 2. The minimum absolute atomic E-state index is 1.00. The summed E-state index contributed by atoms with van der Waals surface area (Å²) in [4.78, 5) is 4.24. The number of rotatable bonds is 1. The van der Waals surface area contributed by atoms with Crippen LogP contribution in [0, 0.1) is 3.70 Å². The van der Waals surface area contributed by atoms with Gasteiger partial charge in [0.05, 0.1) is 6.20 Å². The Kier molecular flexibility index (Phi) is 2.08. The standard InChI is InChI=1S/C8H7BIN2/c1-9-6-2-3-8-11-4-7(10)12(8)5-6/h2-5H,1H3. The molecule has 2 nitrogen and oxygen atoms in total. The minimum atomic E-state index is 1.00. The first-order valence-corrected chi connectivity index (χ1v) is 4.81. The average molecular weight is 269 g/mol. The molecule has 0 aliphatic heterocycles. The van der Waals surface area contributed by atoms with Crippen LogP contribution in [-0.4, -0.2) is 16.7 Å². The molecule has 2 rings (SSSR count). The highest BCUT2D eigenvalue weighted by molar-refractivity contribution is 14.1. The Bertz CT molecular complexity index is 410. The fourth-order valence-electron chi connectivity index (χ4n) is 1.14. The molecule has 0 spiro atoms. The van der Waals surface area contributed by atoms with Crippen molar-refractivity contribution in [3.8, 4) is 0 Å². The largest absolute Gasteiger partial charge is 0.296 e. The van der Waals surface area contributed by atoms with Crippen molar-refractivity contribution in [3.05, 3.63) is 28.2 Å². The van der Waals surface area contributed by atoms with E-state index in [2.05, 4.69) is 51.5 Å². The van der Waals surface area contributed by atoms with Crippen LogP contribution in [0.3, 0.4) is 0 Å². The molecule has 2 aromatic heterocycles. The zero-order valence-electron chi connectivity index (χ0n) is 6.66. The summed E-state index contributed by atoms with van der Waals surface area (Å²) in [5.74, 6) is 0. The molecule has 12 heavy (non-hydrogen) atoms. The van der Waals surface area contributed by atoms with Gasteiger partial charge in [-0.15, -0.1) is 0 Å². The Hall–Kier alpha value is -0.515. The van der Waals surface area contributed by atoms with E-state index < -0.39 is 0 Å². The summed E-state index contributed by atoms with van der Waals surface area (Å²) in [5, 5.41) is 0. The normalized spacial score (nSPS) is 10.5. The molecule has 0 fully saturated rings. The van der Waals surface area contributed by atoms with Crippen LogP contribution < -0.4 is 5.46 Å². The predicted molar refractivity (Wildman–Crippen MR) is 59.2 cm³/mol. The fraction of sp³-hybridized carbons (Fsp3) is 0.125. The van der Waals surface area contributed by atoms with Crippen LogP contribution in [0.1, 0.15) is 0 Å². The van der Waals surface area contributed by atoms with Gasteiger partial charge in [-0.2, -0.15) is 0 Å². The first kappa shape index (κ1) is 8.10. The van der Waals surface area contributed by atoms with Gasteiger partial charge in [0.25, 0.3) is 0 Å². The molecule has 0 unspecified atom stereocenters. The average Bonchev–Trinajstić information content (AvgIpc) is 2.47. The molecule has 0 aliphatic carbocycles. The smallest absolute Gasteiger partial charge is 0.150 e. The lowest BCUT2D eigenvalue weighted by Gasteiger charge is -1.98. The third kappa shape index (κ3) is 1.24. The maximum atomic E-state index is 4.24. The molecule has 0 aliphatic rings. The van der Waals surface area contributed by atoms with E-state index in [4.69, 9.17) is 0 Å². The van der Waals surface area contributed by atoms with Crippen molar-refractivity contribution in [2.75, 3.05) is 0 Å². The number of aromatic nitrogens is 2. The Labute approximate surface area is 85.4 Å². The van der Waals surface area contributed by atoms with Gasteiger partial charge in [-0.3, -0.25) is 4.40 Å². The second-order valence-corrected chi connectivity index (χ2v) is 3.67. The molecular formula is C8H7BIN2. The van der Waals surface area contributed by atoms with Crippen LogP contribution in [0.2, 0.25) is 6.82 Å². The second-order valence-electron chi connectivity index (χ2n) is 2.56. The van der Waals surface area contributed by atoms with E-state index in [1.54, 1.807) is 0 Å². The predicted octanol–water partition coefficient (Wildman–Crippen LogP) is 1.32. The van der Waals surface area contributed by atoms with E-state index in [0.717, 1.165) is 9.35 Å². The monoisotopic (exact) mass is 269 g/mol. The molecule has 1 radical (unpaired) electrons. The molecular weight excluding hydrogens is 262 g/mol. The van der Waals surface area contributed by atoms with Crippen LogP contribution in [0.4, 0.5) is 0 Å². The summed E-state index contributed by atoms with van der Waals surface area (Å²) in [6.45, 7) is 2.03. The molecule has 0 aromatic carbocycles. The van der Waals surface area contributed by atoms with E-state index in [0.29, 0.717) is 0 Å². The van der Waals surface area contributed by atoms with Crippen LogP contribution in [0.25, 0.3) is 5.65 Å². The van der Waals surface area contributed by atoms with Crippen molar-refractivity contribution >= 4 is 41.0 Å². The number of hydrogen-bond donors (Lipinski definition) is 0. The van der Waals surface area contributed by atoms with Crippen molar-refractivity contribution in [2.45, 2.75) is 6.82 Å². The minimum Gasteiger partial charge on any atom is -0.296 e. The van der Waals surface area contributed by atoms with Crippen LogP contribution in [0.5, 0.6) is 0 Å². The van der Waals surface area contributed by atoms with Gasteiger partial charge in [0.1, 0.15) is 16.6 Å². The summed E-state index contributed by atoms with van der Waals surface area (Å²) < 4.78 is 3.22. The molecule has 0 atom stereocenters. The van der Waals surface area contributed by atoms with Gasteiger partial charge in [-0.25, -0.2) is 4.98 Å². The highest BCUT2D eigenvalue weighted by atomic mass is 127. The lowest BCUT2D eigenvalue weighted by atomic mass is 9.74. The SMILES string of the molecule is C[B]c1ccc2ncc(I)n2c1. The molecule has 2 aromatic rings. The Morgan fingerprint density at radius 1 is 1.50 bits per heavy atom.